The molecule has 18 heavy (non-hydrogen) atoms. The number of nitrogens with two attached hydrogens (primary N) is 1. The first-order valence-electron chi connectivity index (χ1n) is 6.75. The highest BCUT2D eigenvalue weighted by Crippen LogP contribution is 2.31. The summed E-state index contributed by atoms with van der Waals surface area (Å²) in [6.07, 6.45) is 7.07. The van der Waals surface area contributed by atoms with Crippen LogP contribution in [0.4, 0.5) is 0 Å². The summed E-state index contributed by atoms with van der Waals surface area (Å²) >= 11 is 1.96. The van der Waals surface area contributed by atoms with E-state index in [1.807, 2.05) is 25.6 Å². The average Bonchev–Trinajstić information content (AvgIpc) is 2.94. The zero-order chi connectivity index (χ0) is 13.0. The molecule has 0 aromatic carbocycles. The first-order valence-corrected chi connectivity index (χ1v) is 7.80. The lowest BCUT2D eigenvalue weighted by molar-refractivity contribution is 0.355. The van der Waals surface area contributed by atoms with Crippen LogP contribution in [-0.2, 0) is 12.2 Å². The number of nitrogens with zero attached hydrogens (tertiary/aromatic N) is 2. The highest BCUT2D eigenvalue weighted by Gasteiger charge is 2.17. The van der Waals surface area contributed by atoms with Gasteiger partial charge in [-0.2, -0.15) is 16.7 Å². The van der Waals surface area contributed by atoms with Crippen molar-refractivity contribution in [1.29, 1.82) is 0 Å². The van der Waals surface area contributed by atoms with Crippen molar-refractivity contribution in [3.63, 3.8) is 0 Å². The van der Waals surface area contributed by atoms with Gasteiger partial charge in [0, 0.05) is 17.2 Å². The Labute approximate surface area is 113 Å². The lowest BCUT2D eigenvalue weighted by Crippen LogP contribution is -2.32. The maximum Gasteiger partial charge on any atom is 0.226 e. The molecule has 5 heteroatoms. The fraction of sp³-hybridized carbons (Fsp3) is 0.846. The van der Waals surface area contributed by atoms with Crippen LogP contribution in [-0.4, -0.2) is 20.9 Å². The third kappa shape index (κ3) is 4.61. The summed E-state index contributed by atoms with van der Waals surface area (Å²) in [5.74, 6) is 2.42. The van der Waals surface area contributed by atoms with Crippen molar-refractivity contribution >= 4 is 11.8 Å². The molecule has 1 fully saturated rings. The fourth-order valence-electron chi connectivity index (χ4n) is 2.13. The van der Waals surface area contributed by atoms with Gasteiger partial charge in [0.1, 0.15) is 0 Å². The van der Waals surface area contributed by atoms with Gasteiger partial charge < -0.3 is 10.3 Å². The molecule has 1 aliphatic rings. The van der Waals surface area contributed by atoms with E-state index >= 15 is 0 Å². The van der Waals surface area contributed by atoms with Crippen molar-refractivity contribution in [2.45, 2.75) is 68.9 Å². The van der Waals surface area contributed by atoms with Gasteiger partial charge in [0.05, 0.1) is 5.75 Å². The Balaban J connectivity index is 1.75. The molecule has 2 rings (SSSR count). The second kappa shape index (κ2) is 6.06. The molecule has 0 amide bonds. The largest absolute Gasteiger partial charge is 0.339 e. The van der Waals surface area contributed by atoms with E-state index in [0.717, 1.165) is 35.6 Å². The highest BCUT2D eigenvalue weighted by molar-refractivity contribution is 7.99. The van der Waals surface area contributed by atoms with Gasteiger partial charge in [-0.25, -0.2) is 0 Å². The second-order valence-corrected chi connectivity index (χ2v) is 7.10. The number of aryl methyl sites for hydroxylation is 1. The summed E-state index contributed by atoms with van der Waals surface area (Å²) in [6.45, 7) is 4.03. The monoisotopic (exact) mass is 269 g/mol. The van der Waals surface area contributed by atoms with E-state index in [9.17, 15) is 0 Å². The van der Waals surface area contributed by atoms with Crippen molar-refractivity contribution in [2.24, 2.45) is 5.73 Å². The van der Waals surface area contributed by atoms with Gasteiger partial charge in [0.25, 0.3) is 0 Å². The summed E-state index contributed by atoms with van der Waals surface area (Å²) in [7, 11) is 0. The van der Waals surface area contributed by atoms with Crippen LogP contribution in [0, 0.1) is 0 Å². The molecule has 2 N–H and O–H groups in total. The van der Waals surface area contributed by atoms with Crippen molar-refractivity contribution in [2.75, 3.05) is 0 Å². The first-order chi connectivity index (χ1) is 8.53. The first kappa shape index (κ1) is 13.9. The molecule has 0 radical (unpaired) electrons. The lowest BCUT2D eigenvalue weighted by Gasteiger charge is -2.16. The van der Waals surface area contributed by atoms with Crippen molar-refractivity contribution in [1.82, 2.24) is 10.1 Å². The van der Waals surface area contributed by atoms with Crippen LogP contribution in [0.1, 0.15) is 57.7 Å². The van der Waals surface area contributed by atoms with Crippen molar-refractivity contribution < 1.29 is 4.52 Å². The lowest BCUT2D eigenvalue weighted by atomic mass is 10.0. The Kier molecular flexibility index (Phi) is 4.67. The minimum atomic E-state index is -0.173. The molecular formula is C13H23N3OS. The van der Waals surface area contributed by atoms with Gasteiger partial charge in [-0.15, -0.1) is 0 Å². The fourth-order valence-corrected chi connectivity index (χ4v) is 3.30. The van der Waals surface area contributed by atoms with Gasteiger partial charge in [0.15, 0.2) is 5.82 Å². The van der Waals surface area contributed by atoms with Crippen LogP contribution < -0.4 is 5.73 Å². The molecule has 1 aromatic rings. The number of hydrogen-bond acceptors (Lipinski definition) is 5. The number of thioether (sulfide) groups is 1. The van der Waals surface area contributed by atoms with Gasteiger partial charge in [-0.1, -0.05) is 18.0 Å². The van der Waals surface area contributed by atoms with Crippen LogP contribution in [0.2, 0.25) is 0 Å². The Bertz CT molecular complexity index is 367. The van der Waals surface area contributed by atoms with Gasteiger partial charge in [-0.3, -0.25) is 0 Å². The molecule has 1 aliphatic carbocycles. The molecule has 4 nitrogen and oxygen atoms in total. The van der Waals surface area contributed by atoms with Gasteiger partial charge >= 0.3 is 0 Å². The van der Waals surface area contributed by atoms with Gasteiger partial charge in [-0.05, 0) is 33.1 Å². The molecule has 0 saturated heterocycles. The predicted molar refractivity (Wildman–Crippen MR) is 74.4 cm³/mol. The van der Waals surface area contributed by atoms with E-state index in [2.05, 4.69) is 10.1 Å². The number of aromatic nitrogens is 2. The molecule has 0 bridgehead atoms. The maximum absolute atomic E-state index is 5.94. The third-order valence-electron chi connectivity index (χ3n) is 3.24. The highest BCUT2D eigenvalue weighted by atomic mass is 32.2. The molecule has 1 saturated carbocycles. The minimum Gasteiger partial charge on any atom is -0.339 e. The minimum absolute atomic E-state index is 0.173. The summed E-state index contributed by atoms with van der Waals surface area (Å²) in [6, 6.07) is 0. The Morgan fingerprint density at radius 1 is 1.39 bits per heavy atom. The van der Waals surface area contributed by atoms with Crippen LogP contribution in [0.3, 0.4) is 0 Å². The maximum atomic E-state index is 5.94. The van der Waals surface area contributed by atoms with E-state index in [1.165, 1.54) is 25.7 Å². The van der Waals surface area contributed by atoms with Crippen LogP contribution in [0.25, 0.3) is 0 Å². The van der Waals surface area contributed by atoms with E-state index in [-0.39, 0.29) is 5.54 Å². The molecule has 0 unspecified atom stereocenters. The molecule has 0 aliphatic heterocycles. The van der Waals surface area contributed by atoms with Crippen molar-refractivity contribution in [3.05, 3.63) is 11.7 Å². The summed E-state index contributed by atoms with van der Waals surface area (Å²) in [5, 5.41) is 4.83. The standard InChI is InChI=1S/C13H23N3OS/c1-13(2,14)8-7-12-15-11(16-17-12)9-18-10-5-3-4-6-10/h10H,3-9,14H2,1-2H3. The average molecular weight is 269 g/mol. The summed E-state index contributed by atoms with van der Waals surface area (Å²) < 4.78 is 5.25. The Morgan fingerprint density at radius 2 is 2.11 bits per heavy atom. The molecule has 1 aromatic heterocycles. The zero-order valence-corrected chi connectivity index (χ0v) is 12.1. The van der Waals surface area contributed by atoms with Crippen LogP contribution in [0.5, 0.6) is 0 Å². The smallest absolute Gasteiger partial charge is 0.226 e. The van der Waals surface area contributed by atoms with Crippen LogP contribution >= 0.6 is 11.8 Å². The Morgan fingerprint density at radius 3 is 2.78 bits per heavy atom. The molecule has 0 spiro atoms. The molecule has 1 heterocycles. The number of rotatable bonds is 6. The predicted octanol–water partition coefficient (Wildman–Crippen LogP) is 2.92. The zero-order valence-electron chi connectivity index (χ0n) is 11.3. The quantitative estimate of drug-likeness (QED) is 0.860. The SMILES string of the molecule is CC(C)(N)CCc1nc(CSC2CCCC2)no1. The normalized spacial score (nSPS) is 17.5. The van der Waals surface area contributed by atoms with E-state index in [0.29, 0.717) is 0 Å². The topological polar surface area (TPSA) is 64.9 Å². The van der Waals surface area contributed by atoms with Crippen LogP contribution in [0.15, 0.2) is 4.52 Å². The third-order valence-corrected chi connectivity index (χ3v) is 4.61. The van der Waals surface area contributed by atoms with Gasteiger partial charge in [0.2, 0.25) is 5.89 Å². The summed E-state index contributed by atoms with van der Waals surface area (Å²) in [4.78, 5) is 4.42. The van der Waals surface area contributed by atoms with E-state index in [4.69, 9.17) is 10.3 Å². The molecular weight excluding hydrogens is 246 g/mol. The Hall–Kier alpha value is -0.550. The molecule has 102 valence electrons. The van der Waals surface area contributed by atoms with Crippen molar-refractivity contribution in [3.8, 4) is 0 Å². The second-order valence-electron chi connectivity index (χ2n) is 5.81. The van der Waals surface area contributed by atoms with E-state index in [1.54, 1.807) is 0 Å². The number of hydrogen-bond donors (Lipinski definition) is 1. The summed E-state index contributed by atoms with van der Waals surface area (Å²) in [5.41, 5.74) is 5.76. The molecule has 0 atom stereocenters. The van der Waals surface area contributed by atoms with E-state index < -0.39 is 0 Å².